The van der Waals surface area contributed by atoms with Gasteiger partial charge in [0.2, 0.25) is 0 Å². The number of benzene rings is 1. The molecule has 2 rings (SSSR count). The summed E-state index contributed by atoms with van der Waals surface area (Å²) in [5, 5.41) is 3.83. The molecule has 0 bridgehead atoms. The Morgan fingerprint density at radius 2 is 2.21 bits per heavy atom. The molecule has 0 saturated heterocycles. The predicted octanol–water partition coefficient (Wildman–Crippen LogP) is 3.16. The highest BCUT2D eigenvalue weighted by atomic mass is 35.5. The highest BCUT2D eigenvalue weighted by molar-refractivity contribution is 6.30. The van der Waals surface area contributed by atoms with Crippen molar-refractivity contribution >= 4 is 11.6 Å². The molecule has 5 heteroatoms. The van der Waals surface area contributed by atoms with Crippen LogP contribution >= 0.6 is 11.6 Å². The van der Waals surface area contributed by atoms with E-state index in [0.717, 1.165) is 12.2 Å². The Balaban J connectivity index is 2.24. The maximum absolute atomic E-state index is 13.8. The second kappa shape index (κ2) is 6.59. The van der Waals surface area contributed by atoms with Crippen LogP contribution in [0.3, 0.4) is 0 Å². The molecule has 3 nitrogen and oxygen atoms in total. The number of aromatic nitrogens is 2. The van der Waals surface area contributed by atoms with Gasteiger partial charge in [-0.25, -0.2) is 14.4 Å². The minimum atomic E-state index is -0.249. The van der Waals surface area contributed by atoms with Gasteiger partial charge in [-0.1, -0.05) is 18.5 Å². The SMILES string of the molecule is CCNC(Cc1cc(Cl)ccc1F)c1ccncn1. The van der Waals surface area contributed by atoms with Crippen LogP contribution in [0.15, 0.2) is 36.8 Å². The summed E-state index contributed by atoms with van der Waals surface area (Å²) in [5.74, 6) is -0.249. The molecule has 1 aromatic carbocycles. The molecule has 1 atom stereocenters. The molecule has 0 aliphatic rings. The molecule has 100 valence electrons. The highest BCUT2D eigenvalue weighted by Crippen LogP contribution is 2.21. The third kappa shape index (κ3) is 3.72. The van der Waals surface area contributed by atoms with Crippen molar-refractivity contribution in [3.05, 3.63) is 58.9 Å². The Bertz CT molecular complexity index is 533. The van der Waals surface area contributed by atoms with Crippen LogP contribution < -0.4 is 5.32 Å². The fourth-order valence-electron chi connectivity index (χ4n) is 1.95. The maximum Gasteiger partial charge on any atom is 0.126 e. The van der Waals surface area contributed by atoms with E-state index in [1.54, 1.807) is 18.3 Å². The van der Waals surface area contributed by atoms with Gasteiger partial charge in [0.1, 0.15) is 12.1 Å². The average molecular weight is 280 g/mol. The predicted molar refractivity (Wildman–Crippen MR) is 73.6 cm³/mol. The first-order valence-corrected chi connectivity index (χ1v) is 6.51. The first-order valence-electron chi connectivity index (χ1n) is 6.14. The lowest BCUT2D eigenvalue weighted by atomic mass is 10.0. The maximum atomic E-state index is 13.8. The van der Waals surface area contributed by atoms with Crippen LogP contribution in [0.5, 0.6) is 0 Å². The van der Waals surface area contributed by atoms with Crippen molar-refractivity contribution in [1.82, 2.24) is 15.3 Å². The summed E-state index contributed by atoms with van der Waals surface area (Å²) >= 11 is 5.91. The third-order valence-corrected chi connectivity index (χ3v) is 3.08. The van der Waals surface area contributed by atoms with Crippen molar-refractivity contribution in [2.45, 2.75) is 19.4 Å². The van der Waals surface area contributed by atoms with Crippen molar-refractivity contribution < 1.29 is 4.39 Å². The Kier molecular flexibility index (Phi) is 4.82. The van der Waals surface area contributed by atoms with E-state index in [1.165, 1.54) is 12.4 Å². The smallest absolute Gasteiger partial charge is 0.126 e. The summed E-state index contributed by atoms with van der Waals surface area (Å²) in [6.45, 7) is 2.78. The summed E-state index contributed by atoms with van der Waals surface area (Å²) in [7, 11) is 0. The molecule has 19 heavy (non-hydrogen) atoms. The lowest BCUT2D eigenvalue weighted by Crippen LogP contribution is -2.24. The minimum Gasteiger partial charge on any atom is -0.309 e. The second-order valence-electron chi connectivity index (χ2n) is 4.18. The summed E-state index contributed by atoms with van der Waals surface area (Å²) in [6, 6.07) is 6.37. The Labute approximate surface area is 116 Å². The van der Waals surface area contributed by atoms with Gasteiger partial charge < -0.3 is 5.32 Å². The molecule has 1 unspecified atom stereocenters. The standard InChI is InChI=1S/C14H15ClFN3/c1-2-18-14(13-5-6-17-9-19-13)8-10-7-11(15)3-4-12(10)16/h3-7,9,14,18H,2,8H2,1H3. The van der Waals surface area contributed by atoms with E-state index in [2.05, 4.69) is 15.3 Å². The minimum absolute atomic E-state index is 0.0547. The van der Waals surface area contributed by atoms with Gasteiger partial charge in [0, 0.05) is 11.2 Å². The van der Waals surface area contributed by atoms with Crippen LogP contribution in [0, 0.1) is 5.82 Å². The topological polar surface area (TPSA) is 37.8 Å². The molecule has 0 aliphatic heterocycles. The zero-order valence-electron chi connectivity index (χ0n) is 10.6. The molecule has 1 N–H and O–H groups in total. The van der Waals surface area contributed by atoms with Crippen LogP contribution in [0.4, 0.5) is 4.39 Å². The molecular weight excluding hydrogens is 265 g/mol. The summed E-state index contributed by atoms with van der Waals surface area (Å²) in [5.41, 5.74) is 1.42. The number of nitrogens with one attached hydrogen (secondary N) is 1. The summed E-state index contributed by atoms with van der Waals surface area (Å²) < 4.78 is 13.8. The number of hydrogen-bond acceptors (Lipinski definition) is 3. The van der Waals surface area contributed by atoms with E-state index in [4.69, 9.17) is 11.6 Å². The number of rotatable bonds is 5. The number of nitrogens with zero attached hydrogens (tertiary/aromatic N) is 2. The number of likely N-dealkylation sites (N-methyl/N-ethyl adjacent to an activating group) is 1. The Hall–Kier alpha value is -1.52. The zero-order chi connectivity index (χ0) is 13.7. The summed E-state index contributed by atoms with van der Waals surface area (Å²) in [4.78, 5) is 8.11. The van der Waals surface area contributed by atoms with Crippen LogP contribution in [0.1, 0.15) is 24.2 Å². The van der Waals surface area contributed by atoms with Gasteiger partial charge in [-0.15, -0.1) is 0 Å². The van der Waals surface area contributed by atoms with E-state index in [1.807, 2.05) is 13.0 Å². The number of halogens is 2. The van der Waals surface area contributed by atoms with Gasteiger partial charge in [-0.05, 0) is 42.8 Å². The van der Waals surface area contributed by atoms with Gasteiger partial charge in [0.25, 0.3) is 0 Å². The van der Waals surface area contributed by atoms with Gasteiger partial charge in [0.05, 0.1) is 11.7 Å². The average Bonchev–Trinajstić information content (AvgIpc) is 2.43. The zero-order valence-corrected chi connectivity index (χ0v) is 11.4. The lowest BCUT2D eigenvalue weighted by molar-refractivity contribution is 0.517. The monoisotopic (exact) mass is 279 g/mol. The van der Waals surface area contributed by atoms with Gasteiger partial charge >= 0.3 is 0 Å². The third-order valence-electron chi connectivity index (χ3n) is 2.84. The van der Waals surface area contributed by atoms with Gasteiger partial charge in [-0.2, -0.15) is 0 Å². The van der Waals surface area contributed by atoms with Crippen LogP contribution in [-0.2, 0) is 6.42 Å². The van der Waals surface area contributed by atoms with Crippen molar-refractivity contribution in [1.29, 1.82) is 0 Å². The molecule has 0 aliphatic carbocycles. The fraction of sp³-hybridized carbons (Fsp3) is 0.286. The highest BCUT2D eigenvalue weighted by Gasteiger charge is 2.15. The van der Waals surface area contributed by atoms with Crippen LogP contribution in [0.25, 0.3) is 0 Å². The molecular formula is C14H15ClFN3. The molecule has 0 fully saturated rings. The van der Waals surface area contributed by atoms with E-state index in [9.17, 15) is 4.39 Å². The van der Waals surface area contributed by atoms with Crippen LogP contribution in [0.2, 0.25) is 5.02 Å². The van der Waals surface area contributed by atoms with E-state index in [-0.39, 0.29) is 11.9 Å². The van der Waals surface area contributed by atoms with Crippen LogP contribution in [-0.4, -0.2) is 16.5 Å². The molecule has 1 aromatic heterocycles. The second-order valence-corrected chi connectivity index (χ2v) is 4.62. The lowest BCUT2D eigenvalue weighted by Gasteiger charge is -2.17. The van der Waals surface area contributed by atoms with E-state index in [0.29, 0.717) is 17.0 Å². The Morgan fingerprint density at radius 1 is 1.37 bits per heavy atom. The molecule has 0 amide bonds. The first kappa shape index (κ1) is 13.9. The molecule has 1 heterocycles. The van der Waals surface area contributed by atoms with Crippen molar-refractivity contribution in [2.75, 3.05) is 6.54 Å². The normalized spacial score (nSPS) is 12.4. The summed E-state index contributed by atoms with van der Waals surface area (Å²) in [6.07, 6.45) is 3.67. The quantitative estimate of drug-likeness (QED) is 0.914. The number of hydrogen-bond donors (Lipinski definition) is 1. The molecule has 0 spiro atoms. The van der Waals surface area contributed by atoms with Gasteiger partial charge in [-0.3, -0.25) is 0 Å². The van der Waals surface area contributed by atoms with E-state index < -0.39 is 0 Å². The Morgan fingerprint density at radius 3 is 2.89 bits per heavy atom. The fourth-order valence-corrected chi connectivity index (χ4v) is 2.15. The largest absolute Gasteiger partial charge is 0.309 e. The van der Waals surface area contributed by atoms with Crippen molar-refractivity contribution in [2.24, 2.45) is 0 Å². The van der Waals surface area contributed by atoms with Crippen molar-refractivity contribution in [3.8, 4) is 0 Å². The molecule has 2 aromatic rings. The molecule has 0 radical (unpaired) electrons. The van der Waals surface area contributed by atoms with Gasteiger partial charge in [0.15, 0.2) is 0 Å². The van der Waals surface area contributed by atoms with Crippen molar-refractivity contribution in [3.63, 3.8) is 0 Å². The first-order chi connectivity index (χ1) is 9.20. The molecule has 0 saturated carbocycles. The van der Waals surface area contributed by atoms with E-state index >= 15 is 0 Å².